The van der Waals surface area contributed by atoms with Crippen LogP contribution >= 0.6 is 0 Å². The zero-order valence-corrected chi connectivity index (χ0v) is 12.1. The van der Waals surface area contributed by atoms with Crippen LogP contribution in [0.5, 0.6) is 0 Å². The normalized spacial score (nSPS) is 10.5. The third-order valence-electron chi connectivity index (χ3n) is 2.54. The van der Waals surface area contributed by atoms with Crippen molar-refractivity contribution in [2.24, 2.45) is 5.10 Å². The SMILES string of the molecule is O=C(C[n+]1ccccc1)N/N=C/C=C/c1ccccc1.[Cl-]. The van der Waals surface area contributed by atoms with Crippen LogP contribution in [0.4, 0.5) is 0 Å². The van der Waals surface area contributed by atoms with E-state index >= 15 is 0 Å². The molecule has 1 heterocycles. The van der Waals surface area contributed by atoms with Gasteiger partial charge in [-0.3, -0.25) is 4.79 Å². The molecule has 0 saturated heterocycles. The van der Waals surface area contributed by atoms with E-state index in [-0.39, 0.29) is 24.9 Å². The number of nitrogens with zero attached hydrogens (tertiary/aromatic N) is 2. The molecule has 0 aliphatic heterocycles. The van der Waals surface area contributed by atoms with Crippen molar-refractivity contribution in [3.63, 3.8) is 0 Å². The Morgan fingerprint density at radius 3 is 2.48 bits per heavy atom. The summed E-state index contributed by atoms with van der Waals surface area (Å²) in [5, 5.41) is 3.86. The lowest BCUT2D eigenvalue weighted by molar-refractivity contribution is -0.684. The van der Waals surface area contributed by atoms with Crippen molar-refractivity contribution >= 4 is 18.2 Å². The fourth-order valence-electron chi connectivity index (χ4n) is 1.61. The van der Waals surface area contributed by atoms with E-state index < -0.39 is 0 Å². The van der Waals surface area contributed by atoms with Gasteiger partial charge >= 0.3 is 5.91 Å². The number of hydrogen-bond donors (Lipinski definition) is 1. The van der Waals surface area contributed by atoms with E-state index in [9.17, 15) is 4.79 Å². The molecule has 1 amide bonds. The number of allylic oxidation sites excluding steroid dienone is 1. The smallest absolute Gasteiger partial charge is 0.305 e. The van der Waals surface area contributed by atoms with E-state index in [0.717, 1.165) is 5.56 Å². The summed E-state index contributed by atoms with van der Waals surface area (Å²) < 4.78 is 1.78. The number of nitrogens with one attached hydrogen (secondary N) is 1. The number of aromatic nitrogens is 1. The molecule has 0 bridgehead atoms. The number of hydrogen-bond acceptors (Lipinski definition) is 2. The van der Waals surface area contributed by atoms with Crippen molar-refractivity contribution in [1.29, 1.82) is 0 Å². The monoisotopic (exact) mass is 301 g/mol. The fraction of sp³-hybridized carbons (Fsp3) is 0.0625. The van der Waals surface area contributed by atoms with E-state index in [1.807, 2.05) is 67.0 Å². The lowest BCUT2D eigenvalue weighted by atomic mass is 10.2. The number of halogens is 1. The zero-order valence-electron chi connectivity index (χ0n) is 11.4. The molecule has 0 radical (unpaired) electrons. The van der Waals surface area contributed by atoms with Crippen LogP contribution in [0.2, 0.25) is 0 Å². The molecule has 21 heavy (non-hydrogen) atoms. The van der Waals surface area contributed by atoms with Crippen LogP contribution in [0.25, 0.3) is 6.08 Å². The lowest BCUT2D eigenvalue weighted by Crippen LogP contribution is -3.00. The minimum atomic E-state index is -0.162. The minimum absolute atomic E-state index is 0. The van der Waals surface area contributed by atoms with Crippen molar-refractivity contribution in [3.05, 3.63) is 72.6 Å². The molecule has 5 heteroatoms. The average molecular weight is 302 g/mol. The van der Waals surface area contributed by atoms with Gasteiger partial charge < -0.3 is 12.4 Å². The summed E-state index contributed by atoms with van der Waals surface area (Å²) in [7, 11) is 0. The van der Waals surface area contributed by atoms with Crippen molar-refractivity contribution in [3.8, 4) is 0 Å². The number of carbonyl (C=O) groups excluding carboxylic acids is 1. The quantitative estimate of drug-likeness (QED) is 0.421. The molecule has 0 aliphatic rings. The molecule has 0 fully saturated rings. The van der Waals surface area contributed by atoms with Crippen molar-refractivity contribution in [1.82, 2.24) is 5.43 Å². The molecular weight excluding hydrogens is 286 g/mol. The number of benzene rings is 1. The van der Waals surface area contributed by atoms with Gasteiger partial charge in [0.2, 0.25) is 6.54 Å². The first-order valence-electron chi connectivity index (χ1n) is 6.32. The first kappa shape index (κ1) is 16.6. The van der Waals surface area contributed by atoms with Crippen molar-refractivity contribution < 1.29 is 21.8 Å². The summed E-state index contributed by atoms with van der Waals surface area (Å²) in [6.45, 7) is 0.251. The Morgan fingerprint density at radius 1 is 1.10 bits per heavy atom. The topological polar surface area (TPSA) is 45.3 Å². The van der Waals surface area contributed by atoms with Crippen LogP contribution in [-0.2, 0) is 11.3 Å². The third-order valence-corrected chi connectivity index (χ3v) is 2.54. The van der Waals surface area contributed by atoms with Crippen LogP contribution in [0, 0.1) is 0 Å². The Kier molecular flexibility index (Phi) is 7.46. The molecule has 0 unspecified atom stereocenters. The maximum Gasteiger partial charge on any atom is 0.305 e. The van der Waals surface area contributed by atoms with Crippen LogP contribution in [0.3, 0.4) is 0 Å². The summed E-state index contributed by atoms with van der Waals surface area (Å²) in [6, 6.07) is 15.5. The predicted molar refractivity (Wildman–Crippen MR) is 78.7 cm³/mol. The van der Waals surface area contributed by atoms with Gasteiger partial charge in [-0.15, -0.1) is 0 Å². The van der Waals surface area contributed by atoms with E-state index in [4.69, 9.17) is 0 Å². The van der Waals surface area contributed by atoms with Crippen LogP contribution in [-0.4, -0.2) is 12.1 Å². The van der Waals surface area contributed by atoms with Gasteiger partial charge in [-0.1, -0.05) is 42.5 Å². The standard InChI is InChI=1S/C16H15N3O.ClH/c20-16(14-19-12-5-2-6-13-19)18-17-11-7-10-15-8-3-1-4-9-15;/h1-13H,14H2;1H/b10-7+,17-11+;. The van der Waals surface area contributed by atoms with E-state index in [1.54, 1.807) is 16.9 Å². The van der Waals surface area contributed by atoms with Gasteiger partial charge in [0, 0.05) is 18.3 Å². The number of amides is 1. The molecule has 1 aromatic heterocycles. The van der Waals surface area contributed by atoms with Gasteiger partial charge in [0.1, 0.15) is 0 Å². The van der Waals surface area contributed by atoms with Gasteiger partial charge in [0.05, 0.1) is 0 Å². The Bertz CT molecular complexity index is 597. The Labute approximate surface area is 130 Å². The van der Waals surface area contributed by atoms with Gasteiger partial charge in [0.15, 0.2) is 12.4 Å². The Morgan fingerprint density at radius 2 is 1.76 bits per heavy atom. The summed E-state index contributed by atoms with van der Waals surface area (Å²) in [6.07, 6.45) is 8.92. The molecule has 0 atom stereocenters. The molecule has 2 rings (SSSR count). The van der Waals surface area contributed by atoms with Crippen LogP contribution in [0.1, 0.15) is 5.56 Å². The van der Waals surface area contributed by atoms with E-state index in [0.29, 0.717) is 0 Å². The predicted octanol–water partition coefficient (Wildman–Crippen LogP) is -1.21. The minimum Gasteiger partial charge on any atom is -1.00 e. The van der Waals surface area contributed by atoms with Gasteiger partial charge in [0.25, 0.3) is 0 Å². The summed E-state index contributed by atoms with van der Waals surface area (Å²) in [5.41, 5.74) is 3.56. The van der Waals surface area contributed by atoms with Crippen molar-refractivity contribution in [2.75, 3.05) is 0 Å². The molecule has 0 spiro atoms. The molecule has 4 nitrogen and oxygen atoms in total. The summed E-state index contributed by atoms with van der Waals surface area (Å²) in [5.74, 6) is -0.162. The van der Waals surface area contributed by atoms with Gasteiger partial charge in [-0.05, 0) is 11.6 Å². The summed E-state index contributed by atoms with van der Waals surface area (Å²) >= 11 is 0. The molecule has 1 aromatic carbocycles. The van der Waals surface area contributed by atoms with Gasteiger partial charge in [-0.25, -0.2) is 5.43 Å². The number of carbonyl (C=O) groups is 1. The highest BCUT2D eigenvalue weighted by Crippen LogP contribution is 1.99. The number of hydrazone groups is 1. The molecule has 0 aliphatic carbocycles. The third kappa shape index (κ3) is 6.49. The fourth-order valence-corrected chi connectivity index (χ4v) is 1.61. The van der Waals surface area contributed by atoms with Crippen LogP contribution < -0.4 is 22.4 Å². The maximum atomic E-state index is 11.6. The molecule has 1 N–H and O–H groups in total. The van der Waals surface area contributed by atoms with E-state index in [2.05, 4.69) is 10.5 Å². The van der Waals surface area contributed by atoms with E-state index in [1.165, 1.54) is 0 Å². The Hall–Kier alpha value is -2.46. The number of rotatable bonds is 5. The lowest BCUT2D eigenvalue weighted by Gasteiger charge is -1.95. The second kappa shape index (κ2) is 9.44. The first-order valence-corrected chi connectivity index (χ1v) is 6.32. The molecule has 0 saturated carbocycles. The highest BCUT2D eigenvalue weighted by molar-refractivity contribution is 5.80. The van der Waals surface area contributed by atoms with Crippen molar-refractivity contribution in [2.45, 2.75) is 6.54 Å². The molecular formula is C16H16ClN3O. The Balaban J connectivity index is 0.00000220. The molecule has 2 aromatic rings. The first-order chi connectivity index (χ1) is 9.84. The molecule has 108 valence electrons. The average Bonchev–Trinajstić information content (AvgIpc) is 2.49. The highest BCUT2D eigenvalue weighted by Gasteiger charge is 2.05. The maximum absolute atomic E-state index is 11.6. The van der Waals surface area contributed by atoms with Crippen LogP contribution in [0.15, 0.2) is 72.1 Å². The number of pyridine rings is 1. The summed E-state index contributed by atoms with van der Waals surface area (Å²) in [4.78, 5) is 11.6. The van der Waals surface area contributed by atoms with Gasteiger partial charge in [-0.2, -0.15) is 9.67 Å². The largest absolute Gasteiger partial charge is 1.00 e. The zero-order chi connectivity index (χ0) is 14.0. The second-order valence-corrected chi connectivity index (χ2v) is 4.13. The second-order valence-electron chi connectivity index (χ2n) is 4.13. The highest BCUT2D eigenvalue weighted by atomic mass is 35.5.